The van der Waals surface area contributed by atoms with Gasteiger partial charge < -0.3 is 55.1 Å². The van der Waals surface area contributed by atoms with Gasteiger partial charge in [0, 0.05) is 60.9 Å². The molecule has 14 atom stereocenters. The zero-order chi connectivity index (χ0) is 50.9. The van der Waals surface area contributed by atoms with Crippen molar-refractivity contribution in [2.24, 2.45) is 17.8 Å². The van der Waals surface area contributed by atoms with Crippen LogP contribution < -0.4 is 14.2 Å². The lowest BCUT2D eigenvalue weighted by Gasteiger charge is -2.63. The Morgan fingerprint density at radius 2 is 0.808 bits per heavy atom. The third-order valence-corrected chi connectivity index (χ3v) is 23.0. The summed E-state index contributed by atoms with van der Waals surface area (Å²) in [4.78, 5) is 20.2. The van der Waals surface area contributed by atoms with Gasteiger partial charge in [0.25, 0.3) is 0 Å². The number of phenolic OH excluding ortho intramolecular Hbond substituents is 3. The van der Waals surface area contributed by atoms with Crippen LogP contribution in [0.1, 0.15) is 152 Å². The highest BCUT2D eigenvalue weighted by Crippen LogP contribution is 2.69. The number of phenols is 3. The fourth-order valence-corrected chi connectivity index (χ4v) is 19.2. The van der Waals surface area contributed by atoms with Gasteiger partial charge in [0.05, 0.1) is 45.3 Å². The van der Waals surface area contributed by atoms with Crippen LogP contribution in [0.2, 0.25) is 0 Å². The molecule has 15 nitrogen and oxygen atoms in total. The summed E-state index contributed by atoms with van der Waals surface area (Å²) in [6.07, 6.45) is 13.0. The molecule has 6 bridgehead atoms. The summed E-state index contributed by atoms with van der Waals surface area (Å²) in [5.74, 6) is 4.26. The van der Waals surface area contributed by atoms with Gasteiger partial charge in [-0.1, -0.05) is 40.5 Å². The second-order valence-corrected chi connectivity index (χ2v) is 26.5. The topological polar surface area (TPSA) is 216 Å². The van der Waals surface area contributed by atoms with Crippen molar-refractivity contribution in [1.82, 2.24) is 14.7 Å². The van der Waals surface area contributed by atoms with Crippen LogP contribution >= 0.6 is 0 Å². The number of nitrogens with zero attached hydrogens (tertiary/aromatic N) is 3. The molecule has 9 fully saturated rings. The standard InChI is InChI=1S/2C20H25NO4.C20H23NO4.3CH4/c3*22-13-4-3-12-9-15-20(24)6-5-14(23)18-19(20,16(12)17(13)25-18)7-8-21(15)10-11-1-2-11;;;/h2*3-4,11,14-15,18,22-24H,1-2,5-10H2;3-4,11,15,18,22,24H,1-2,5-10H2;3*1H4/t14-,15?,18+,19+,20-;14-,15?,18-,19-,20+;15?,18-,19-,20+;;;/m011.../s1. The number of Topliss-reactive ketones (excluding diaryl/α,β-unsaturated/α-hetero) is 1. The van der Waals surface area contributed by atoms with Crippen LogP contribution in [-0.2, 0) is 40.3 Å². The second-order valence-electron chi connectivity index (χ2n) is 26.5. The third kappa shape index (κ3) is 6.64. The summed E-state index contributed by atoms with van der Waals surface area (Å²) < 4.78 is 18.3. The predicted octanol–water partition coefficient (Wildman–Crippen LogP) is 6.07. The number of likely N-dealkylation sites (tertiary alicyclic amines) is 3. The molecule has 0 aromatic heterocycles. The fraction of sp³-hybridized carbons (Fsp3) is 0.698. The maximum absolute atomic E-state index is 12.7. The minimum absolute atomic E-state index is 0. The number of piperidine rings is 3. The summed E-state index contributed by atoms with van der Waals surface area (Å²) in [6.45, 7) is 5.98. The minimum Gasteiger partial charge on any atom is -0.504 e. The van der Waals surface area contributed by atoms with Crippen LogP contribution in [0.15, 0.2) is 36.4 Å². The van der Waals surface area contributed by atoms with Gasteiger partial charge in [0.15, 0.2) is 46.4 Å². The molecular formula is C63H85N3O12. The lowest BCUT2D eigenvalue weighted by atomic mass is 9.48. The largest absolute Gasteiger partial charge is 0.504 e. The first-order valence-corrected chi connectivity index (χ1v) is 29.0. The number of aliphatic hydroxyl groups is 5. The number of hydrogen-bond acceptors (Lipinski definition) is 15. The van der Waals surface area contributed by atoms with Crippen molar-refractivity contribution >= 4 is 5.78 Å². The smallest absolute Gasteiger partial charge is 0.174 e. The zero-order valence-electron chi connectivity index (χ0n) is 42.8. The summed E-state index contributed by atoms with van der Waals surface area (Å²) in [5, 5.41) is 88.4. The average molecular weight is 1080 g/mol. The van der Waals surface area contributed by atoms with Gasteiger partial charge in [-0.25, -0.2) is 0 Å². The van der Waals surface area contributed by atoms with Crippen LogP contribution in [0.25, 0.3) is 0 Å². The summed E-state index contributed by atoms with van der Waals surface area (Å²) in [5.41, 5.74) is 1.89. The van der Waals surface area contributed by atoms with E-state index in [4.69, 9.17) is 14.2 Å². The molecule has 3 aromatic rings. The van der Waals surface area contributed by atoms with Gasteiger partial charge in [-0.05, 0) is 181 Å². The molecular weight excluding hydrogens is 991 g/mol. The van der Waals surface area contributed by atoms with E-state index in [1.807, 2.05) is 18.2 Å². The van der Waals surface area contributed by atoms with Gasteiger partial charge in [0.2, 0.25) is 0 Å². The number of rotatable bonds is 6. The number of aliphatic hydroxyl groups excluding tert-OH is 2. The highest BCUT2D eigenvalue weighted by Gasteiger charge is 2.76. The van der Waals surface area contributed by atoms with Gasteiger partial charge in [-0.15, -0.1) is 0 Å². The van der Waals surface area contributed by atoms with Gasteiger partial charge in [0.1, 0.15) is 12.2 Å². The van der Waals surface area contributed by atoms with E-state index in [2.05, 4.69) is 14.7 Å². The number of benzene rings is 3. The van der Waals surface area contributed by atoms with Crippen molar-refractivity contribution in [2.75, 3.05) is 39.3 Å². The first-order chi connectivity index (χ1) is 36.1. The second kappa shape index (κ2) is 17.7. The van der Waals surface area contributed by atoms with Crippen LogP contribution in [0.4, 0.5) is 0 Å². The van der Waals surface area contributed by atoms with Gasteiger partial charge in [-0.2, -0.15) is 0 Å². The molecule has 15 heteroatoms. The van der Waals surface area contributed by atoms with E-state index in [1.54, 1.807) is 18.2 Å². The van der Waals surface area contributed by atoms with E-state index in [1.165, 1.54) is 49.7 Å². The van der Waals surface area contributed by atoms with Gasteiger partial charge in [-0.3, -0.25) is 19.5 Å². The summed E-state index contributed by atoms with van der Waals surface area (Å²) >= 11 is 0. The highest BCUT2D eigenvalue weighted by molar-refractivity contribution is 5.90. The molecule has 6 heterocycles. The molecule has 78 heavy (non-hydrogen) atoms. The Morgan fingerprint density at radius 1 is 0.462 bits per heavy atom. The average Bonchev–Trinajstić information content (AvgIpc) is 4.41. The first kappa shape index (κ1) is 53.1. The summed E-state index contributed by atoms with van der Waals surface area (Å²) in [7, 11) is 0. The van der Waals surface area contributed by atoms with Crippen molar-refractivity contribution in [3.05, 3.63) is 69.8 Å². The molecule has 3 aromatic carbocycles. The maximum Gasteiger partial charge on any atom is 0.174 e. The monoisotopic (exact) mass is 1080 g/mol. The lowest BCUT2D eigenvalue weighted by Crippen LogP contribution is -2.77. The Morgan fingerprint density at radius 3 is 1.19 bits per heavy atom. The fourth-order valence-electron chi connectivity index (χ4n) is 19.2. The van der Waals surface area contributed by atoms with Crippen LogP contribution in [0.5, 0.6) is 34.5 Å². The molecule has 424 valence electrons. The Labute approximate surface area is 459 Å². The SMILES string of the molecule is C.C.C.O=C1CC[C@]2(O)C3Cc4ccc(O)c5c4[C@]2(CCN3CC2CC2)[C@@H]1O5.Oc1ccc2c3c1O[C@@H]1[C@@H](O)CC[C@]4(O)C(C2)N(CC2CC2)CC[C@@]314.Oc1ccc2c3c1O[C@@H]1[C@H](O)CC[C@]4(O)C(C2)N(CC2CC2)CC[C@@]314. The normalized spacial score (nSPS) is 41.7. The van der Waals surface area contributed by atoms with E-state index < -0.39 is 63.6 Å². The predicted molar refractivity (Wildman–Crippen MR) is 292 cm³/mol. The van der Waals surface area contributed by atoms with E-state index in [-0.39, 0.29) is 63.4 Å². The van der Waals surface area contributed by atoms with Crippen LogP contribution in [0, 0.1) is 17.8 Å². The zero-order valence-corrected chi connectivity index (χ0v) is 42.8. The summed E-state index contributed by atoms with van der Waals surface area (Å²) in [6, 6.07) is 11.3. The number of carbonyl (C=O) groups is 1. The van der Waals surface area contributed by atoms with Crippen LogP contribution in [-0.4, -0.2) is 166 Å². The molecule has 18 rings (SSSR count). The van der Waals surface area contributed by atoms with Crippen LogP contribution in [0.3, 0.4) is 0 Å². The van der Waals surface area contributed by atoms with Crippen molar-refractivity contribution in [3.8, 4) is 34.5 Å². The minimum atomic E-state index is -0.940. The molecule has 0 radical (unpaired) electrons. The molecule has 3 unspecified atom stereocenters. The molecule has 8 N–H and O–H groups in total. The molecule has 3 saturated heterocycles. The van der Waals surface area contributed by atoms with Crippen molar-refractivity contribution in [2.45, 2.75) is 220 Å². The Balaban J connectivity index is 0.000000109. The molecule has 15 aliphatic rings. The Hall–Kier alpha value is -4.19. The van der Waals surface area contributed by atoms with E-state index in [0.717, 1.165) is 118 Å². The Bertz CT molecular complexity index is 2820. The van der Waals surface area contributed by atoms with Crippen molar-refractivity contribution in [3.63, 3.8) is 0 Å². The van der Waals surface area contributed by atoms with Crippen molar-refractivity contribution < 1.29 is 59.9 Å². The lowest BCUT2D eigenvalue weighted by molar-refractivity contribution is -0.208. The van der Waals surface area contributed by atoms with E-state index in [9.17, 15) is 45.6 Å². The van der Waals surface area contributed by atoms with E-state index in [0.29, 0.717) is 55.8 Å². The molecule has 3 spiro atoms. The number of ketones is 1. The third-order valence-electron chi connectivity index (χ3n) is 23.0. The van der Waals surface area contributed by atoms with E-state index >= 15 is 0 Å². The molecule has 6 aliphatic heterocycles. The molecule has 0 amide bonds. The Kier molecular flexibility index (Phi) is 12.0. The number of hydrogen-bond donors (Lipinski definition) is 8. The van der Waals surface area contributed by atoms with Gasteiger partial charge >= 0.3 is 0 Å². The molecule has 6 saturated carbocycles. The number of aromatic hydroxyl groups is 3. The number of carbonyl (C=O) groups excluding carboxylic acids is 1. The quantitative estimate of drug-likeness (QED) is 0.141. The first-order valence-electron chi connectivity index (χ1n) is 29.0. The maximum atomic E-state index is 12.7. The molecule has 9 aliphatic carbocycles. The highest BCUT2D eigenvalue weighted by atomic mass is 16.5. The number of ether oxygens (including phenoxy) is 3. The van der Waals surface area contributed by atoms with Crippen molar-refractivity contribution in [1.29, 1.82) is 0 Å².